The van der Waals surface area contributed by atoms with Crippen LogP contribution in [0.1, 0.15) is 33.2 Å². The molecule has 1 amide bonds. The third-order valence-electron chi connectivity index (χ3n) is 3.76. The van der Waals surface area contributed by atoms with Crippen LogP contribution in [-0.4, -0.2) is 27.1 Å². The minimum atomic E-state index is -1.01. The molecule has 3 rings (SSSR count). The number of ketones is 1. The Morgan fingerprint density at radius 2 is 1.81 bits per heavy atom. The van der Waals surface area contributed by atoms with Crippen LogP contribution in [0.4, 0.5) is 5.69 Å². The highest BCUT2D eigenvalue weighted by Gasteiger charge is 2.33. The van der Waals surface area contributed by atoms with Gasteiger partial charge in [-0.1, -0.05) is 48.2 Å². The first kappa shape index (κ1) is 18.0. The third kappa shape index (κ3) is 3.58. The number of Topliss-reactive ketones (excluding diaryl/α,β-unsaturated/α-hetero) is 1. The number of carbonyl (C=O) groups excluding carboxylic acids is 2. The lowest BCUT2D eigenvalue weighted by Crippen LogP contribution is -2.27. The number of nitrogens with zero attached hydrogens (tertiary/aromatic N) is 1. The van der Waals surface area contributed by atoms with Crippen molar-refractivity contribution in [3.8, 4) is 0 Å². The van der Waals surface area contributed by atoms with Crippen LogP contribution >= 0.6 is 24.0 Å². The lowest BCUT2D eigenvalue weighted by molar-refractivity contribution is -0.113. The minimum Gasteiger partial charge on any atom is -0.478 e. The highest BCUT2D eigenvalue weighted by molar-refractivity contribution is 8.27. The van der Waals surface area contributed by atoms with Crippen molar-refractivity contribution in [2.24, 2.45) is 0 Å². The molecule has 0 aliphatic carbocycles. The summed E-state index contributed by atoms with van der Waals surface area (Å²) >= 11 is 6.49. The van der Waals surface area contributed by atoms with E-state index in [1.807, 2.05) is 0 Å². The molecule has 26 heavy (non-hydrogen) atoms. The Balaban J connectivity index is 1.90. The Hall–Kier alpha value is -2.77. The van der Waals surface area contributed by atoms with Crippen molar-refractivity contribution < 1.29 is 19.5 Å². The van der Waals surface area contributed by atoms with Gasteiger partial charge in [0.1, 0.15) is 0 Å². The van der Waals surface area contributed by atoms with E-state index < -0.39 is 5.97 Å². The summed E-state index contributed by atoms with van der Waals surface area (Å²) < 4.78 is 0.379. The van der Waals surface area contributed by atoms with E-state index in [2.05, 4.69) is 0 Å². The van der Waals surface area contributed by atoms with E-state index in [0.717, 1.165) is 11.8 Å². The van der Waals surface area contributed by atoms with Gasteiger partial charge in [0.25, 0.3) is 5.91 Å². The van der Waals surface area contributed by atoms with Crippen molar-refractivity contribution in [3.63, 3.8) is 0 Å². The van der Waals surface area contributed by atoms with Gasteiger partial charge >= 0.3 is 5.97 Å². The number of hydrogen-bond donors (Lipinski definition) is 1. The number of carboxylic acids is 1. The highest BCUT2D eigenvalue weighted by atomic mass is 32.2. The second kappa shape index (κ2) is 7.23. The Morgan fingerprint density at radius 3 is 2.42 bits per heavy atom. The molecule has 0 spiro atoms. The van der Waals surface area contributed by atoms with Gasteiger partial charge in [0.15, 0.2) is 10.1 Å². The first-order valence-corrected chi connectivity index (χ1v) is 8.81. The molecule has 0 atom stereocenters. The summed E-state index contributed by atoms with van der Waals surface area (Å²) in [5, 5.41) is 8.94. The maximum Gasteiger partial charge on any atom is 0.335 e. The minimum absolute atomic E-state index is 0.0913. The molecule has 0 saturated carbocycles. The number of benzene rings is 2. The predicted octanol–water partition coefficient (Wildman–Crippen LogP) is 3.99. The zero-order valence-electron chi connectivity index (χ0n) is 13.6. The van der Waals surface area contributed by atoms with E-state index in [4.69, 9.17) is 17.3 Å². The van der Waals surface area contributed by atoms with E-state index in [-0.39, 0.29) is 17.3 Å². The molecule has 2 aromatic rings. The quantitative estimate of drug-likeness (QED) is 0.489. The fraction of sp³-hybridized carbons (Fsp3) is 0.0526. The van der Waals surface area contributed by atoms with Crippen LogP contribution in [0.5, 0.6) is 0 Å². The van der Waals surface area contributed by atoms with Crippen molar-refractivity contribution in [1.29, 1.82) is 0 Å². The van der Waals surface area contributed by atoms with Gasteiger partial charge in [0, 0.05) is 5.56 Å². The van der Waals surface area contributed by atoms with Crippen LogP contribution in [-0.2, 0) is 4.79 Å². The van der Waals surface area contributed by atoms with Crippen LogP contribution in [0.3, 0.4) is 0 Å². The lowest BCUT2D eigenvalue weighted by Gasteiger charge is -2.15. The van der Waals surface area contributed by atoms with E-state index in [9.17, 15) is 14.4 Å². The van der Waals surface area contributed by atoms with Crippen LogP contribution in [0.2, 0.25) is 0 Å². The summed E-state index contributed by atoms with van der Waals surface area (Å²) in [6, 6.07) is 13.0. The Labute approximate surface area is 159 Å². The molecule has 0 aromatic heterocycles. The first-order chi connectivity index (χ1) is 12.4. The van der Waals surface area contributed by atoms with Crippen molar-refractivity contribution >= 4 is 57.7 Å². The van der Waals surface area contributed by atoms with Gasteiger partial charge in [0.05, 0.1) is 16.2 Å². The molecular weight excluding hydrogens is 370 g/mol. The standard InChI is InChI=1S/C19H13NO4S2/c1-11(21)14-3-2-4-15(10-14)20-17(22)16(26-19(20)25)9-12-5-7-13(8-6-12)18(23)24/h2-10H,1H3,(H,23,24)/b16-9-. The monoisotopic (exact) mass is 383 g/mol. The summed E-state index contributed by atoms with van der Waals surface area (Å²) in [7, 11) is 0. The first-order valence-electron chi connectivity index (χ1n) is 7.59. The third-order valence-corrected chi connectivity index (χ3v) is 5.06. The molecule has 0 radical (unpaired) electrons. The van der Waals surface area contributed by atoms with E-state index in [1.165, 1.54) is 24.0 Å². The molecule has 1 saturated heterocycles. The molecule has 1 N–H and O–H groups in total. The summed E-state index contributed by atoms with van der Waals surface area (Å²) in [5.74, 6) is -1.37. The smallest absolute Gasteiger partial charge is 0.335 e. The fourth-order valence-corrected chi connectivity index (χ4v) is 3.73. The van der Waals surface area contributed by atoms with Gasteiger partial charge in [-0.2, -0.15) is 0 Å². The Kier molecular flexibility index (Phi) is 5.01. The number of hydrogen-bond acceptors (Lipinski definition) is 5. The van der Waals surface area contributed by atoms with Crippen molar-refractivity contribution in [1.82, 2.24) is 0 Å². The Morgan fingerprint density at radius 1 is 1.12 bits per heavy atom. The predicted molar refractivity (Wildman–Crippen MR) is 105 cm³/mol. The highest BCUT2D eigenvalue weighted by Crippen LogP contribution is 2.36. The van der Waals surface area contributed by atoms with Gasteiger partial charge in [0.2, 0.25) is 0 Å². The molecule has 7 heteroatoms. The zero-order chi connectivity index (χ0) is 18.8. The summed E-state index contributed by atoms with van der Waals surface area (Å²) in [4.78, 5) is 37.0. The normalized spacial score (nSPS) is 15.6. The maximum absolute atomic E-state index is 12.7. The number of carboxylic acid groups (broad SMARTS) is 1. The number of carbonyl (C=O) groups is 3. The van der Waals surface area contributed by atoms with Gasteiger partial charge in [-0.25, -0.2) is 4.79 Å². The average Bonchev–Trinajstić information content (AvgIpc) is 2.89. The van der Waals surface area contributed by atoms with Crippen molar-refractivity contribution in [2.45, 2.75) is 6.92 Å². The van der Waals surface area contributed by atoms with Crippen molar-refractivity contribution in [3.05, 3.63) is 70.1 Å². The SMILES string of the molecule is CC(=O)c1cccc(N2C(=O)/C(=C/c3ccc(C(=O)O)cc3)SC2=S)c1. The van der Waals surface area contributed by atoms with Crippen LogP contribution in [0, 0.1) is 0 Å². The molecule has 1 heterocycles. The number of thioether (sulfide) groups is 1. The van der Waals surface area contributed by atoms with E-state index in [0.29, 0.717) is 26.0 Å². The summed E-state index contributed by atoms with van der Waals surface area (Å²) in [5.41, 5.74) is 1.93. The molecule has 2 aromatic carbocycles. The largest absolute Gasteiger partial charge is 0.478 e. The second-order valence-electron chi connectivity index (χ2n) is 5.55. The topological polar surface area (TPSA) is 74.7 Å². The van der Waals surface area contributed by atoms with Gasteiger partial charge in [-0.3, -0.25) is 14.5 Å². The number of aromatic carboxylic acids is 1. The van der Waals surface area contributed by atoms with Gasteiger partial charge < -0.3 is 5.11 Å². The Bertz CT molecular complexity index is 964. The molecule has 1 aliphatic heterocycles. The molecular formula is C19H13NO4S2. The maximum atomic E-state index is 12.7. The van der Waals surface area contributed by atoms with Crippen LogP contribution in [0.15, 0.2) is 53.4 Å². The molecule has 0 bridgehead atoms. The van der Waals surface area contributed by atoms with E-state index in [1.54, 1.807) is 42.5 Å². The zero-order valence-corrected chi connectivity index (χ0v) is 15.3. The van der Waals surface area contributed by atoms with E-state index >= 15 is 0 Å². The number of rotatable bonds is 4. The molecule has 1 fully saturated rings. The van der Waals surface area contributed by atoms with Crippen LogP contribution < -0.4 is 4.90 Å². The lowest BCUT2D eigenvalue weighted by atomic mass is 10.1. The number of amides is 1. The van der Waals surface area contributed by atoms with Gasteiger partial charge in [-0.15, -0.1) is 0 Å². The average molecular weight is 383 g/mol. The second-order valence-corrected chi connectivity index (χ2v) is 7.23. The molecule has 1 aliphatic rings. The molecule has 130 valence electrons. The van der Waals surface area contributed by atoms with Gasteiger partial charge in [-0.05, 0) is 42.8 Å². The summed E-state index contributed by atoms with van der Waals surface area (Å²) in [6.45, 7) is 1.46. The van der Waals surface area contributed by atoms with Crippen LogP contribution in [0.25, 0.3) is 6.08 Å². The van der Waals surface area contributed by atoms with Crippen molar-refractivity contribution in [2.75, 3.05) is 4.90 Å². The molecule has 5 nitrogen and oxygen atoms in total. The number of anilines is 1. The molecule has 0 unspecified atom stereocenters. The fourth-order valence-electron chi connectivity index (χ4n) is 2.43. The number of thiocarbonyl (C=S) groups is 1. The summed E-state index contributed by atoms with van der Waals surface area (Å²) in [6.07, 6.45) is 1.67.